The fraction of sp³-hybridized carbons (Fsp3) is 0.400. The molecule has 0 spiro atoms. The summed E-state index contributed by atoms with van der Waals surface area (Å²) in [4.78, 5) is 13.8. The first-order chi connectivity index (χ1) is 10.1. The van der Waals surface area contributed by atoms with Crippen molar-refractivity contribution in [2.45, 2.75) is 17.3 Å². The van der Waals surface area contributed by atoms with Gasteiger partial charge in [0.1, 0.15) is 11.6 Å². The second kappa shape index (κ2) is 7.22. The number of halogens is 2. The molecule has 1 aromatic carbocycles. The molecule has 21 heavy (non-hydrogen) atoms. The SMILES string of the molecule is CCN1C(=O)C(I)CC=C1c1ccc(OCOC)cc1F. The van der Waals surface area contributed by atoms with Gasteiger partial charge < -0.3 is 14.4 Å². The number of ether oxygens (including phenoxy) is 2. The number of carbonyl (C=O) groups is 1. The van der Waals surface area contributed by atoms with Crippen molar-refractivity contribution in [2.75, 3.05) is 20.4 Å². The molecule has 1 unspecified atom stereocenters. The standard InChI is InChI=1S/C15H17FINO3/c1-3-18-14(7-6-13(17)15(18)19)11-5-4-10(8-12(11)16)21-9-20-2/h4-5,7-8,13H,3,6,9H2,1-2H3. The molecule has 4 nitrogen and oxygen atoms in total. The minimum Gasteiger partial charge on any atom is -0.467 e. The second-order valence-electron chi connectivity index (χ2n) is 4.57. The lowest BCUT2D eigenvalue weighted by atomic mass is 10.0. The highest BCUT2D eigenvalue weighted by atomic mass is 127. The lowest BCUT2D eigenvalue weighted by Crippen LogP contribution is -2.38. The summed E-state index contributed by atoms with van der Waals surface area (Å²) in [6, 6.07) is 4.62. The van der Waals surface area contributed by atoms with Gasteiger partial charge in [0.25, 0.3) is 0 Å². The Hall–Kier alpha value is -1.15. The molecular weight excluding hydrogens is 388 g/mol. The Morgan fingerprint density at radius 2 is 2.24 bits per heavy atom. The van der Waals surface area contributed by atoms with E-state index in [0.717, 1.165) is 0 Å². The normalized spacial score (nSPS) is 18.7. The van der Waals surface area contributed by atoms with Crippen molar-refractivity contribution in [1.29, 1.82) is 0 Å². The molecule has 0 aromatic heterocycles. The molecule has 1 amide bonds. The summed E-state index contributed by atoms with van der Waals surface area (Å²) >= 11 is 2.12. The van der Waals surface area contributed by atoms with Crippen molar-refractivity contribution in [3.05, 3.63) is 35.7 Å². The summed E-state index contributed by atoms with van der Waals surface area (Å²) in [6.07, 6.45) is 2.53. The third kappa shape index (κ3) is 3.55. The van der Waals surface area contributed by atoms with Gasteiger partial charge in [0, 0.05) is 31.0 Å². The number of rotatable bonds is 5. The summed E-state index contributed by atoms with van der Waals surface area (Å²) in [5.74, 6) is 0.0124. The van der Waals surface area contributed by atoms with E-state index in [4.69, 9.17) is 9.47 Å². The molecule has 0 saturated heterocycles. The van der Waals surface area contributed by atoms with Crippen LogP contribution in [0.15, 0.2) is 24.3 Å². The van der Waals surface area contributed by atoms with E-state index in [-0.39, 0.29) is 16.6 Å². The number of benzene rings is 1. The molecule has 0 saturated carbocycles. The van der Waals surface area contributed by atoms with Crippen LogP contribution in [-0.2, 0) is 9.53 Å². The summed E-state index contributed by atoms with van der Waals surface area (Å²) < 4.78 is 24.2. The monoisotopic (exact) mass is 405 g/mol. The van der Waals surface area contributed by atoms with Gasteiger partial charge in [-0.3, -0.25) is 4.79 Å². The van der Waals surface area contributed by atoms with Gasteiger partial charge in [0.2, 0.25) is 5.91 Å². The summed E-state index contributed by atoms with van der Waals surface area (Å²) in [6.45, 7) is 2.47. The Balaban J connectivity index is 2.30. The molecule has 1 heterocycles. The van der Waals surface area contributed by atoms with Crippen LogP contribution in [0.2, 0.25) is 0 Å². The van der Waals surface area contributed by atoms with Crippen molar-refractivity contribution >= 4 is 34.2 Å². The Kier molecular flexibility index (Phi) is 5.58. The van der Waals surface area contributed by atoms with Gasteiger partial charge in [-0.2, -0.15) is 0 Å². The second-order valence-corrected chi connectivity index (χ2v) is 6.07. The van der Waals surface area contributed by atoms with E-state index >= 15 is 0 Å². The molecule has 0 radical (unpaired) electrons. The summed E-state index contributed by atoms with van der Waals surface area (Å²) in [7, 11) is 1.50. The summed E-state index contributed by atoms with van der Waals surface area (Å²) in [5.41, 5.74) is 1.05. The van der Waals surface area contributed by atoms with Crippen LogP contribution in [0.3, 0.4) is 0 Å². The van der Waals surface area contributed by atoms with Crippen molar-refractivity contribution in [3.63, 3.8) is 0 Å². The lowest BCUT2D eigenvalue weighted by Gasteiger charge is -2.30. The molecule has 114 valence electrons. The zero-order chi connectivity index (χ0) is 15.4. The summed E-state index contributed by atoms with van der Waals surface area (Å²) in [5, 5.41) is 0. The van der Waals surface area contributed by atoms with Gasteiger partial charge in [-0.1, -0.05) is 28.7 Å². The van der Waals surface area contributed by atoms with Crippen molar-refractivity contribution in [3.8, 4) is 5.75 Å². The molecule has 1 atom stereocenters. The molecule has 1 aliphatic heterocycles. The van der Waals surface area contributed by atoms with Crippen LogP contribution in [0.25, 0.3) is 5.70 Å². The van der Waals surface area contributed by atoms with Crippen molar-refractivity contribution in [1.82, 2.24) is 4.90 Å². The van der Waals surface area contributed by atoms with Gasteiger partial charge in [-0.05, 0) is 25.5 Å². The van der Waals surface area contributed by atoms with Crippen LogP contribution in [0.4, 0.5) is 4.39 Å². The molecule has 1 aromatic rings. The number of methoxy groups -OCH3 is 1. The highest BCUT2D eigenvalue weighted by molar-refractivity contribution is 14.1. The Morgan fingerprint density at radius 3 is 2.86 bits per heavy atom. The Bertz CT molecular complexity index is 562. The smallest absolute Gasteiger partial charge is 0.240 e. The topological polar surface area (TPSA) is 38.8 Å². The van der Waals surface area contributed by atoms with Gasteiger partial charge in [-0.15, -0.1) is 0 Å². The van der Waals surface area contributed by atoms with Crippen LogP contribution in [-0.4, -0.2) is 35.2 Å². The molecule has 0 N–H and O–H groups in total. The lowest BCUT2D eigenvalue weighted by molar-refractivity contribution is -0.127. The number of alkyl halides is 1. The molecule has 2 rings (SSSR count). The van der Waals surface area contributed by atoms with Gasteiger partial charge in [0.15, 0.2) is 6.79 Å². The molecule has 1 aliphatic rings. The minimum absolute atomic E-state index is 0.0229. The zero-order valence-corrected chi connectivity index (χ0v) is 14.1. The van der Waals surface area contributed by atoms with Crippen LogP contribution >= 0.6 is 22.6 Å². The molecule has 6 heteroatoms. The van der Waals surface area contributed by atoms with Gasteiger partial charge in [0.05, 0.1) is 3.92 Å². The first-order valence-corrected chi connectivity index (χ1v) is 7.90. The highest BCUT2D eigenvalue weighted by Crippen LogP contribution is 2.31. The number of hydrogen-bond donors (Lipinski definition) is 0. The van der Waals surface area contributed by atoms with Crippen molar-refractivity contribution in [2.24, 2.45) is 0 Å². The average molecular weight is 405 g/mol. The fourth-order valence-corrected chi connectivity index (χ4v) is 2.81. The van der Waals surface area contributed by atoms with E-state index in [9.17, 15) is 9.18 Å². The largest absolute Gasteiger partial charge is 0.467 e. The quantitative estimate of drug-likeness (QED) is 0.429. The highest BCUT2D eigenvalue weighted by Gasteiger charge is 2.29. The predicted molar refractivity (Wildman–Crippen MR) is 86.7 cm³/mol. The van der Waals surface area contributed by atoms with Crippen LogP contribution in [0.1, 0.15) is 18.9 Å². The van der Waals surface area contributed by atoms with E-state index in [0.29, 0.717) is 30.0 Å². The third-order valence-corrected chi connectivity index (χ3v) is 4.26. The van der Waals surface area contributed by atoms with E-state index in [2.05, 4.69) is 22.6 Å². The van der Waals surface area contributed by atoms with Crippen molar-refractivity contribution < 1.29 is 18.7 Å². The molecule has 0 fully saturated rings. The molecular formula is C15H17FINO3. The number of amides is 1. The number of nitrogens with zero attached hydrogens (tertiary/aromatic N) is 1. The number of hydrogen-bond acceptors (Lipinski definition) is 3. The van der Waals surface area contributed by atoms with Crippen LogP contribution in [0.5, 0.6) is 5.75 Å². The Labute approximate surface area is 137 Å². The first-order valence-electron chi connectivity index (χ1n) is 6.65. The zero-order valence-electron chi connectivity index (χ0n) is 11.9. The fourth-order valence-electron chi connectivity index (χ4n) is 2.22. The van der Waals surface area contributed by atoms with Gasteiger partial charge >= 0.3 is 0 Å². The number of allylic oxidation sites excluding steroid dienone is 1. The first kappa shape index (κ1) is 16.2. The molecule has 0 bridgehead atoms. The maximum Gasteiger partial charge on any atom is 0.240 e. The van der Waals surface area contributed by atoms with Crippen LogP contribution in [0, 0.1) is 5.82 Å². The Morgan fingerprint density at radius 1 is 1.48 bits per heavy atom. The van der Waals surface area contributed by atoms with E-state index in [1.165, 1.54) is 13.2 Å². The maximum atomic E-state index is 14.3. The number of carbonyl (C=O) groups excluding carboxylic acids is 1. The average Bonchev–Trinajstić information content (AvgIpc) is 2.48. The predicted octanol–water partition coefficient (Wildman–Crippen LogP) is 3.21. The van der Waals surface area contributed by atoms with E-state index in [1.807, 2.05) is 13.0 Å². The van der Waals surface area contributed by atoms with Crippen LogP contribution < -0.4 is 4.74 Å². The molecule has 0 aliphatic carbocycles. The minimum atomic E-state index is -0.409. The third-order valence-electron chi connectivity index (χ3n) is 3.22. The van der Waals surface area contributed by atoms with E-state index in [1.54, 1.807) is 17.0 Å². The van der Waals surface area contributed by atoms with Gasteiger partial charge in [-0.25, -0.2) is 4.39 Å². The van der Waals surface area contributed by atoms with E-state index < -0.39 is 5.82 Å². The maximum absolute atomic E-state index is 14.3.